The zero-order chi connectivity index (χ0) is 12.4. The van der Waals surface area contributed by atoms with Crippen molar-refractivity contribution in [1.29, 1.82) is 0 Å². The lowest BCUT2D eigenvalue weighted by molar-refractivity contribution is 0.0601. The number of benzene rings is 1. The van der Waals surface area contributed by atoms with Gasteiger partial charge in [0, 0.05) is 11.6 Å². The van der Waals surface area contributed by atoms with Gasteiger partial charge in [-0.25, -0.2) is 9.59 Å². The zero-order valence-electron chi connectivity index (χ0n) is 9.47. The second-order valence-corrected chi connectivity index (χ2v) is 3.42. The average molecular weight is 233 g/mol. The van der Waals surface area contributed by atoms with Gasteiger partial charge >= 0.3 is 12.1 Å². The van der Waals surface area contributed by atoms with E-state index in [1.54, 1.807) is 30.5 Å². The van der Waals surface area contributed by atoms with E-state index < -0.39 is 12.1 Å². The van der Waals surface area contributed by atoms with Gasteiger partial charge < -0.3 is 9.47 Å². The van der Waals surface area contributed by atoms with Crippen LogP contribution in [-0.2, 0) is 9.47 Å². The lowest BCUT2D eigenvalue weighted by Crippen LogP contribution is -2.10. The van der Waals surface area contributed by atoms with Gasteiger partial charge in [-0.3, -0.25) is 4.57 Å². The predicted octanol–water partition coefficient (Wildman–Crippen LogP) is 2.04. The molecule has 0 N–H and O–H groups in total. The Balaban J connectivity index is 2.58. The van der Waals surface area contributed by atoms with Gasteiger partial charge in [0.25, 0.3) is 0 Å². The third-order valence-electron chi connectivity index (χ3n) is 2.49. The molecule has 2 rings (SSSR count). The lowest BCUT2D eigenvalue weighted by Gasteiger charge is -2.03. The van der Waals surface area contributed by atoms with Crippen LogP contribution in [0.4, 0.5) is 4.79 Å². The van der Waals surface area contributed by atoms with Crippen molar-refractivity contribution in [2.45, 2.75) is 0 Å². The number of hydrogen-bond donors (Lipinski definition) is 0. The fourth-order valence-electron chi connectivity index (χ4n) is 1.63. The van der Waals surface area contributed by atoms with E-state index in [2.05, 4.69) is 9.47 Å². The molecular formula is C12H11NO4. The maximum absolute atomic E-state index is 11.5. The summed E-state index contributed by atoms with van der Waals surface area (Å²) in [7, 11) is 2.62. The highest BCUT2D eigenvalue weighted by molar-refractivity contribution is 5.97. The first-order valence-corrected chi connectivity index (χ1v) is 4.95. The van der Waals surface area contributed by atoms with E-state index in [0.717, 1.165) is 5.39 Å². The summed E-state index contributed by atoms with van der Waals surface area (Å²) < 4.78 is 10.6. The maximum Gasteiger partial charge on any atom is 0.418 e. The van der Waals surface area contributed by atoms with Gasteiger partial charge in [0.05, 0.1) is 25.3 Å². The van der Waals surface area contributed by atoms with Gasteiger partial charge in [-0.15, -0.1) is 0 Å². The number of fused-ring (bicyclic) bond motifs is 1. The summed E-state index contributed by atoms with van der Waals surface area (Å²) in [4.78, 5) is 22.8. The molecule has 0 spiro atoms. The van der Waals surface area contributed by atoms with Crippen molar-refractivity contribution in [2.24, 2.45) is 0 Å². The Morgan fingerprint density at radius 1 is 1.12 bits per heavy atom. The number of aromatic nitrogens is 1. The van der Waals surface area contributed by atoms with Crippen LogP contribution in [0.25, 0.3) is 10.9 Å². The van der Waals surface area contributed by atoms with Crippen molar-refractivity contribution in [2.75, 3.05) is 14.2 Å². The van der Waals surface area contributed by atoms with Gasteiger partial charge in [-0.1, -0.05) is 6.07 Å². The van der Waals surface area contributed by atoms with Crippen molar-refractivity contribution in [1.82, 2.24) is 4.57 Å². The molecular weight excluding hydrogens is 222 g/mol. The fourth-order valence-corrected chi connectivity index (χ4v) is 1.63. The van der Waals surface area contributed by atoms with Gasteiger partial charge in [-0.2, -0.15) is 0 Å². The van der Waals surface area contributed by atoms with Crippen LogP contribution in [0.5, 0.6) is 0 Å². The number of carbonyl (C=O) groups excluding carboxylic acids is 2. The zero-order valence-corrected chi connectivity index (χ0v) is 9.47. The summed E-state index contributed by atoms with van der Waals surface area (Å²) in [5, 5.41) is 0.850. The van der Waals surface area contributed by atoms with E-state index in [1.807, 2.05) is 0 Å². The molecule has 0 saturated heterocycles. The van der Waals surface area contributed by atoms with E-state index in [0.29, 0.717) is 11.1 Å². The molecule has 5 heteroatoms. The van der Waals surface area contributed by atoms with Crippen LogP contribution >= 0.6 is 0 Å². The van der Waals surface area contributed by atoms with Crippen LogP contribution in [0, 0.1) is 0 Å². The third kappa shape index (κ3) is 1.87. The minimum Gasteiger partial charge on any atom is -0.465 e. The van der Waals surface area contributed by atoms with E-state index in [4.69, 9.17) is 0 Å². The Bertz CT molecular complexity index is 585. The maximum atomic E-state index is 11.5. The highest BCUT2D eigenvalue weighted by atomic mass is 16.5. The Kier molecular flexibility index (Phi) is 2.82. The number of rotatable bonds is 1. The number of esters is 1. The van der Waals surface area contributed by atoms with Crippen molar-refractivity contribution in [3.8, 4) is 0 Å². The Hall–Kier alpha value is -2.30. The molecule has 0 atom stereocenters. The number of nitrogens with zero attached hydrogens (tertiary/aromatic N) is 1. The van der Waals surface area contributed by atoms with E-state index >= 15 is 0 Å². The molecule has 2 aromatic rings. The van der Waals surface area contributed by atoms with Crippen molar-refractivity contribution in [3.05, 3.63) is 36.0 Å². The molecule has 0 aliphatic rings. The molecule has 5 nitrogen and oxygen atoms in total. The molecule has 88 valence electrons. The fraction of sp³-hybridized carbons (Fsp3) is 0.167. The second kappa shape index (κ2) is 4.29. The third-order valence-corrected chi connectivity index (χ3v) is 2.49. The van der Waals surface area contributed by atoms with Crippen LogP contribution in [0.15, 0.2) is 30.5 Å². The Labute approximate surface area is 97.5 Å². The first kappa shape index (κ1) is 11.2. The molecule has 0 fully saturated rings. The minimum atomic E-state index is -0.498. The Morgan fingerprint density at radius 3 is 2.53 bits per heavy atom. The number of ether oxygens (including phenoxy) is 2. The standard InChI is InChI=1S/C12H11NO4/c1-16-11(14)9-4-3-8-5-6-13(10(8)7-9)12(15)17-2/h3-7H,1-2H3. The van der Waals surface area contributed by atoms with Crippen LogP contribution in [-0.4, -0.2) is 30.8 Å². The molecule has 0 amide bonds. The quantitative estimate of drug-likeness (QED) is 0.707. The van der Waals surface area contributed by atoms with Crippen molar-refractivity contribution in [3.63, 3.8) is 0 Å². The number of hydrogen-bond acceptors (Lipinski definition) is 4. The van der Waals surface area contributed by atoms with Crippen LogP contribution in [0.1, 0.15) is 10.4 Å². The number of carbonyl (C=O) groups is 2. The van der Waals surface area contributed by atoms with Gasteiger partial charge in [-0.05, 0) is 18.2 Å². The molecule has 0 radical (unpaired) electrons. The highest BCUT2D eigenvalue weighted by Crippen LogP contribution is 2.18. The molecule has 0 aliphatic heterocycles. The molecule has 1 heterocycles. The molecule has 0 bridgehead atoms. The predicted molar refractivity (Wildman–Crippen MR) is 61.1 cm³/mol. The van der Waals surface area contributed by atoms with E-state index in [1.165, 1.54) is 18.8 Å². The SMILES string of the molecule is COC(=O)c1ccc2ccn(C(=O)OC)c2c1. The van der Waals surface area contributed by atoms with Gasteiger partial charge in [0.2, 0.25) is 0 Å². The Morgan fingerprint density at radius 2 is 1.88 bits per heavy atom. The van der Waals surface area contributed by atoms with E-state index in [-0.39, 0.29) is 0 Å². The largest absolute Gasteiger partial charge is 0.465 e. The van der Waals surface area contributed by atoms with Crippen LogP contribution < -0.4 is 0 Å². The summed E-state index contributed by atoms with van der Waals surface area (Å²) in [5.74, 6) is -0.440. The monoisotopic (exact) mass is 233 g/mol. The van der Waals surface area contributed by atoms with Crippen LogP contribution in [0.2, 0.25) is 0 Å². The summed E-state index contributed by atoms with van der Waals surface area (Å²) in [6.07, 6.45) is 1.10. The van der Waals surface area contributed by atoms with Crippen molar-refractivity contribution >= 4 is 23.0 Å². The smallest absolute Gasteiger partial charge is 0.418 e. The molecule has 0 unspecified atom stereocenters. The molecule has 17 heavy (non-hydrogen) atoms. The highest BCUT2D eigenvalue weighted by Gasteiger charge is 2.12. The molecule has 0 aliphatic carbocycles. The lowest BCUT2D eigenvalue weighted by atomic mass is 10.1. The number of methoxy groups -OCH3 is 2. The summed E-state index contributed by atoms with van der Waals surface area (Å²) >= 11 is 0. The molecule has 1 aromatic carbocycles. The normalized spacial score (nSPS) is 10.2. The topological polar surface area (TPSA) is 57.5 Å². The van der Waals surface area contributed by atoms with Gasteiger partial charge in [0.15, 0.2) is 0 Å². The first-order valence-electron chi connectivity index (χ1n) is 4.95. The first-order chi connectivity index (χ1) is 8.17. The van der Waals surface area contributed by atoms with E-state index in [9.17, 15) is 9.59 Å². The van der Waals surface area contributed by atoms with Crippen molar-refractivity contribution < 1.29 is 19.1 Å². The summed E-state index contributed by atoms with van der Waals surface area (Å²) in [6, 6.07) is 6.77. The average Bonchev–Trinajstić information content (AvgIpc) is 2.79. The summed E-state index contributed by atoms with van der Waals surface area (Å²) in [6.45, 7) is 0. The minimum absolute atomic E-state index is 0.392. The molecule has 0 saturated carbocycles. The van der Waals surface area contributed by atoms with Crippen LogP contribution in [0.3, 0.4) is 0 Å². The second-order valence-electron chi connectivity index (χ2n) is 3.42. The summed E-state index contributed by atoms with van der Waals surface area (Å²) in [5.41, 5.74) is 1.00. The molecule has 1 aromatic heterocycles. The van der Waals surface area contributed by atoms with Gasteiger partial charge in [0.1, 0.15) is 0 Å².